The minimum Gasteiger partial charge on any atom is -0.458 e. The van der Waals surface area contributed by atoms with Crippen molar-refractivity contribution in [3.63, 3.8) is 0 Å². The van der Waals surface area contributed by atoms with E-state index in [4.69, 9.17) is 4.42 Å². The maximum atomic E-state index is 12.0. The molecule has 2 rings (SSSR count). The largest absolute Gasteiger partial charge is 0.458 e. The number of hydrogen-bond donors (Lipinski definition) is 0. The van der Waals surface area contributed by atoms with Crippen molar-refractivity contribution in [1.82, 2.24) is 15.0 Å². The second kappa shape index (κ2) is 4.30. The van der Waals surface area contributed by atoms with Crippen molar-refractivity contribution < 1.29 is 9.21 Å². The lowest BCUT2D eigenvalue weighted by Gasteiger charge is -2.01. The second-order valence-electron chi connectivity index (χ2n) is 3.58. The zero-order valence-electron chi connectivity index (χ0n) is 9.30. The SMILES string of the molecule is CCCn1nncc1C(=O)c1ccc(C)o1. The van der Waals surface area contributed by atoms with Crippen molar-refractivity contribution in [2.24, 2.45) is 0 Å². The Morgan fingerprint density at radius 1 is 1.50 bits per heavy atom. The first-order chi connectivity index (χ1) is 7.72. The Kier molecular flexibility index (Phi) is 2.85. The molecule has 2 aromatic rings. The van der Waals surface area contributed by atoms with E-state index in [1.54, 1.807) is 23.7 Å². The van der Waals surface area contributed by atoms with Gasteiger partial charge < -0.3 is 4.42 Å². The van der Waals surface area contributed by atoms with Crippen LogP contribution < -0.4 is 0 Å². The highest BCUT2D eigenvalue weighted by molar-refractivity contribution is 6.05. The summed E-state index contributed by atoms with van der Waals surface area (Å²) in [4.78, 5) is 12.0. The first kappa shape index (κ1) is 10.6. The van der Waals surface area contributed by atoms with Gasteiger partial charge in [-0.3, -0.25) is 4.79 Å². The van der Waals surface area contributed by atoms with Crippen LogP contribution in [0.3, 0.4) is 0 Å². The number of aryl methyl sites for hydroxylation is 2. The maximum absolute atomic E-state index is 12.0. The average molecular weight is 219 g/mol. The van der Waals surface area contributed by atoms with E-state index in [1.165, 1.54) is 6.20 Å². The van der Waals surface area contributed by atoms with Gasteiger partial charge in [-0.1, -0.05) is 12.1 Å². The molecule has 2 aromatic heterocycles. The van der Waals surface area contributed by atoms with Gasteiger partial charge in [-0.05, 0) is 25.5 Å². The summed E-state index contributed by atoms with van der Waals surface area (Å²) < 4.78 is 6.88. The molecule has 0 aromatic carbocycles. The molecule has 0 N–H and O–H groups in total. The molecule has 0 saturated heterocycles. The molecular formula is C11H13N3O2. The number of furan rings is 1. The second-order valence-corrected chi connectivity index (χ2v) is 3.58. The number of aromatic nitrogens is 3. The van der Waals surface area contributed by atoms with E-state index in [2.05, 4.69) is 10.3 Å². The molecule has 0 amide bonds. The molecule has 0 aliphatic heterocycles. The van der Waals surface area contributed by atoms with E-state index >= 15 is 0 Å². The fourth-order valence-corrected chi connectivity index (χ4v) is 1.49. The average Bonchev–Trinajstić information content (AvgIpc) is 2.87. The minimum atomic E-state index is -0.174. The molecule has 84 valence electrons. The summed E-state index contributed by atoms with van der Waals surface area (Å²) in [6, 6.07) is 3.43. The summed E-state index contributed by atoms with van der Waals surface area (Å²) in [7, 11) is 0. The Labute approximate surface area is 93.1 Å². The summed E-state index contributed by atoms with van der Waals surface area (Å²) in [6.07, 6.45) is 2.37. The molecule has 0 atom stereocenters. The van der Waals surface area contributed by atoms with Crippen LogP contribution in [0.4, 0.5) is 0 Å². The van der Waals surface area contributed by atoms with Gasteiger partial charge in [0.15, 0.2) is 5.76 Å². The van der Waals surface area contributed by atoms with E-state index in [-0.39, 0.29) is 5.78 Å². The molecule has 0 unspecified atom stereocenters. The molecule has 2 heterocycles. The first-order valence-electron chi connectivity index (χ1n) is 5.22. The fourth-order valence-electron chi connectivity index (χ4n) is 1.49. The molecule has 0 aliphatic carbocycles. The smallest absolute Gasteiger partial charge is 0.247 e. The molecule has 5 heteroatoms. The number of nitrogens with zero attached hydrogens (tertiary/aromatic N) is 3. The predicted octanol–water partition coefficient (Wildman–Crippen LogP) is 1.82. The Morgan fingerprint density at radius 2 is 2.31 bits per heavy atom. The van der Waals surface area contributed by atoms with Crippen molar-refractivity contribution in [2.45, 2.75) is 26.8 Å². The van der Waals surface area contributed by atoms with Crippen molar-refractivity contribution in [3.8, 4) is 0 Å². The van der Waals surface area contributed by atoms with Crippen LogP contribution in [0.5, 0.6) is 0 Å². The Balaban J connectivity index is 2.30. The minimum absolute atomic E-state index is 0.174. The highest BCUT2D eigenvalue weighted by Crippen LogP contribution is 2.12. The summed E-state index contributed by atoms with van der Waals surface area (Å²) in [6.45, 7) is 4.51. The van der Waals surface area contributed by atoms with Gasteiger partial charge in [0.05, 0.1) is 6.20 Å². The van der Waals surface area contributed by atoms with Gasteiger partial charge >= 0.3 is 0 Å². The van der Waals surface area contributed by atoms with E-state index in [1.807, 2.05) is 6.92 Å². The lowest BCUT2D eigenvalue weighted by molar-refractivity contribution is 0.0997. The topological polar surface area (TPSA) is 60.9 Å². The van der Waals surface area contributed by atoms with Crippen LogP contribution in [0.15, 0.2) is 22.7 Å². The van der Waals surface area contributed by atoms with Gasteiger partial charge in [0, 0.05) is 6.54 Å². The number of hydrogen-bond acceptors (Lipinski definition) is 4. The molecular weight excluding hydrogens is 206 g/mol. The van der Waals surface area contributed by atoms with Crippen LogP contribution in [-0.2, 0) is 6.54 Å². The number of carbonyl (C=O) groups excluding carboxylic acids is 1. The Hall–Kier alpha value is -1.91. The van der Waals surface area contributed by atoms with Crippen molar-refractivity contribution >= 4 is 5.78 Å². The normalized spacial score (nSPS) is 10.6. The van der Waals surface area contributed by atoms with Crippen LogP contribution in [0.1, 0.15) is 35.4 Å². The standard InChI is InChI=1S/C11H13N3O2/c1-3-6-14-9(7-12-13-14)11(15)10-5-4-8(2)16-10/h4-5,7H,3,6H2,1-2H3. The maximum Gasteiger partial charge on any atom is 0.247 e. The highest BCUT2D eigenvalue weighted by Gasteiger charge is 2.17. The van der Waals surface area contributed by atoms with Gasteiger partial charge in [-0.25, -0.2) is 4.68 Å². The first-order valence-corrected chi connectivity index (χ1v) is 5.22. The van der Waals surface area contributed by atoms with Crippen molar-refractivity contribution in [2.75, 3.05) is 0 Å². The molecule has 16 heavy (non-hydrogen) atoms. The third-order valence-electron chi connectivity index (χ3n) is 2.25. The fraction of sp³-hybridized carbons (Fsp3) is 0.364. The number of carbonyl (C=O) groups is 1. The van der Waals surface area contributed by atoms with Crippen molar-refractivity contribution in [3.05, 3.63) is 35.5 Å². The van der Waals surface area contributed by atoms with Gasteiger partial charge in [0.25, 0.3) is 0 Å². The quantitative estimate of drug-likeness (QED) is 0.736. The lowest BCUT2D eigenvalue weighted by atomic mass is 10.2. The van der Waals surface area contributed by atoms with Crippen LogP contribution in [0, 0.1) is 6.92 Å². The summed E-state index contributed by atoms with van der Waals surface area (Å²) >= 11 is 0. The molecule has 5 nitrogen and oxygen atoms in total. The molecule has 0 radical (unpaired) electrons. The molecule has 0 fully saturated rings. The van der Waals surface area contributed by atoms with Crippen LogP contribution in [0.25, 0.3) is 0 Å². The van der Waals surface area contributed by atoms with E-state index in [9.17, 15) is 4.79 Å². The van der Waals surface area contributed by atoms with Gasteiger partial charge in [0.1, 0.15) is 11.5 Å². The number of ketones is 1. The zero-order chi connectivity index (χ0) is 11.5. The van der Waals surface area contributed by atoms with Crippen LogP contribution in [-0.4, -0.2) is 20.8 Å². The van der Waals surface area contributed by atoms with E-state index < -0.39 is 0 Å². The van der Waals surface area contributed by atoms with Gasteiger partial charge in [0.2, 0.25) is 5.78 Å². The van der Waals surface area contributed by atoms with Crippen LogP contribution in [0.2, 0.25) is 0 Å². The lowest BCUT2D eigenvalue weighted by Crippen LogP contribution is -2.10. The molecule has 0 aliphatic rings. The monoisotopic (exact) mass is 219 g/mol. The van der Waals surface area contributed by atoms with Crippen molar-refractivity contribution in [1.29, 1.82) is 0 Å². The van der Waals surface area contributed by atoms with Gasteiger partial charge in [-0.15, -0.1) is 5.10 Å². The highest BCUT2D eigenvalue weighted by atomic mass is 16.3. The van der Waals surface area contributed by atoms with E-state index in [0.717, 1.165) is 12.2 Å². The third kappa shape index (κ3) is 1.88. The molecule has 0 bridgehead atoms. The summed E-state index contributed by atoms with van der Waals surface area (Å²) in [5, 5.41) is 7.61. The summed E-state index contributed by atoms with van der Waals surface area (Å²) in [5.41, 5.74) is 0.469. The van der Waals surface area contributed by atoms with Crippen LogP contribution >= 0.6 is 0 Å². The molecule has 0 spiro atoms. The zero-order valence-corrected chi connectivity index (χ0v) is 9.30. The number of rotatable bonds is 4. The molecule has 0 saturated carbocycles. The van der Waals surface area contributed by atoms with Gasteiger partial charge in [-0.2, -0.15) is 0 Å². The third-order valence-corrected chi connectivity index (χ3v) is 2.25. The summed E-state index contributed by atoms with van der Waals surface area (Å²) in [5.74, 6) is 0.876. The predicted molar refractivity (Wildman–Crippen MR) is 57.2 cm³/mol. The van der Waals surface area contributed by atoms with E-state index in [0.29, 0.717) is 18.0 Å². The Morgan fingerprint density at radius 3 is 2.94 bits per heavy atom. The Bertz CT molecular complexity index is 499.